The van der Waals surface area contributed by atoms with Crippen molar-refractivity contribution < 1.29 is 4.79 Å². The first kappa shape index (κ1) is 16.4. The van der Waals surface area contributed by atoms with Crippen LogP contribution in [0.3, 0.4) is 0 Å². The zero-order valence-electron chi connectivity index (χ0n) is 13.3. The summed E-state index contributed by atoms with van der Waals surface area (Å²) in [6, 6.07) is 0.316. The van der Waals surface area contributed by atoms with Crippen molar-refractivity contribution in [1.82, 2.24) is 9.80 Å². The van der Waals surface area contributed by atoms with Gasteiger partial charge in [-0.2, -0.15) is 0 Å². The number of thioether (sulfide) groups is 2. The van der Waals surface area contributed by atoms with Gasteiger partial charge in [0, 0.05) is 23.2 Å². The van der Waals surface area contributed by atoms with Crippen molar-refractivity contribution in [3.8, 4) is 0 Å². The molecule has 0 aromatic heterocycles. The predicted octanol–water partition coefficient (Wildman–Crippen LogP) is 4.67. The van der Waals surface area contributed by atoms with E-state index in [-0.39, 0.29) is 5.91 Å². The van der Waals surface area contributed by atoms with Crippen molar-refractivity contribution in [1.29, 1.82) is 0 Å². The Labute approximate surface area is 146 Å². The van der Waals surface area contributed by atoms with Crippen LogP contribution in [0.15, 0.2) is 20.5 Å². The zero-order chi connectivity index (χ0) is 15.9. The molecule has 2 heterocycles. The van der Waals surface area contributed by atoms with Gasteiger partial charge in [0.2, 0.25) is 0 Å². The van der Waals surface area contributed by atoms with Crippen LogP contribution < -0.4 is 0 Å². The van der Waals surface area contributed by atoms with Crippen LogP contribution >= 0.6 is 35.7 Å². The van der Waals surface area contributed by atoms with E-state index in [1.165, 1.54) is 41.6 Å². The van der Waals surface area contributed by atoms with Gasteiger partial charge in [-0.15, -0.1) is 0 Å². The Morgan fingerprint density at radius 1 is 1.18 bits per heavy atom. The van der Waals surface area contributed by atoms with Crippen LogP contribution in [-0.4, -0.2) is 32.6 Å². The Morgan fingerprint density at radius 2 is 1.86 bits per heavy atom. The lowest BCUT2D eigenvalue weighted by Gasteiger charge is -2.30. The SMILES string of the molecule is CCN1C(C)=C(C)SC1=C1SC(=S)N(C2CCCCC2)C1=O. The van der Waals surface area contributed by atoms with Gasteiger partial charge in [-0.1, -0.05) is 55.0 Å². The van der Waals surface area contributed by atoms with E-state index in [1.807, 2.05) is 4.90 Å². The smallest absolute Gasteiger partial charge is 0.269 e. The van der Waals surface area contributed by atoms with Crippen molar-refractivity contribution in [2.45, 2.75) is 58.9 Å². The van der Waals surface area contributed by atoms with Crippen molar-refractivity contribution in [2.24, 2.45) is 0 Å². The van der Waals surface area contributed by atoms with Gasteiger partial charge in [0.15, 0.2) is 0 Å². The quantitative estimate of drug-likeness (QED) is 0.530. The van der Waals surface area contributed by atoms with Gasteiger partial charge >= 0.3 is 0 Å². The predicted molar refractivity (Wildman–Crippen MR) is 99.3 cm³/mol. The second kappa shape index (κ2) is 6.57. The van der Waals surface area contributed by atoms with Crippen LogP contribution in [0, 0.1) is 0 Å². The van der Waals surface area contributed by atoms with Gasteiger partial charge < -0.3 is 4.90 Å². The number of hydrogen-bond acceptors (Lipinski definition) is 5. The van der Waals surface area contributed by atoms with Crippen LogP contribution in [0.2, 0.25) is 0 Å². The highest BCUT2D eigenvalue weighted by molar-refractivity contribution is 8.27. The van der Waals surface area contributed by atoms with E-state index < -0.39 is 0 Å². The normalized spacial score (nSPS) is 27.6. The fourth-order valence-corrected chi connectivity index (χ4v) is 6.05. The topological polar surface area (TPSA) is 23.6 Å². The van der Waals surface area contributed by atoms with Gasteiger partial charge in [0.1, 0.15) is 9.23 Å². The third kappa shape index (κ3) is 2.74. The summed E-state index contributed by atoms with van der Waals surface area (Å²) < 4.78 is 0.748. The molecule has 0 aromatic carbocycles. The first-order valence-corrected chi connectivity index (χ1v) is 10.0. The molecule has 22 heavy (non-hydrogen) atoms. The molecule has 0 radical (unpaired) electrons. The third-order valence-electron chi connectivity index (χ3n) is 4.66. The number of hydrogen-bond donors (Lipinski definition) is 0. The van der Waals surface area contributed by atoms with Crippen molar-refractivity contribution in [2.75, 3.05) is 6.54 Å². The molecule has 0 bridgehead atoms. The summed E-state index contributed by atoms with van der Waals surface area (Å²) >= 11 is 8.75. The summed E-state index contributed by atoms with van der Waals surface area (Å²) in [7, 11) is 0. The fraction of sp³-hybridized carbons (Fsp3) is 0.625. The van der Waals surface area contributed by atoms with E-state index in [9.17, 15) is 4.79 Å². The fourth-order valence-electron chi connectivity index (χ4n) is 3.33. The lowest BCUT2D eigenvalue weighted by Crippen LogP contribution is -2.40. The summed E-state index contributed by atoms with van der Waals surface area (Å²) in [5.41, 5.74) is 1.26. The molecule has 0 unspecified atom stereocenters. The van der Waals surface area contributed by atoms with Crippen molar-refractivity contribution in [3.63, 3.8) is 0 Å². The van der Waals surface area contributed by atoms with Gasteiger partial charge in [0.05, 0.1) is 5.03 Å². The number of thiocarbonyl (C=S) groups is 1. The molecule has 120 valence electrons. The highest BCUT2D eigenvalue weighted by Crippen LogP contribution is 2.48. The molecule has 2 aliphatic heterocycles. The minimum Gasteiger partial charge on any atom is -0.338 e. The van der Waals surface area contributed by atoms with Crippen molar-refractivity contribution in [3.05, 3.63) is 20.5 Å². The van der Waals surface area contributed by atoms with E-state index >= 15 is 0 Å². The zero-order valence-corrected chi connectivity index (χ0v) is 15.8. The summed E-state index contributed by atoms with van der Waals surface area (Å²) in [6.45, 7) is 7.27. The molecular weight excluding hydrogens is 332 g/mol. The molecule has 1 saturated carbocycles. The van der Waals surface area contributed by atoms with Crippen LogP contribution in [0.4, 0.5) is 0 Å². The average Bonchev–Trinajstić information content (AvgIpc) is 2.97. The number of allylic oxidation sites excluding steroid dienone is 2. The summed E-state index contributed by atoms with van der Waals surface area (Å²) in [6.07, 6.45) is 5.90. The molecule has 3 aliphatic rings. The van der Waals surface area contributed by atoms with Gasteiger partial charge in [-0.25, -0.2) is 0 Å². The van der Waals surface area contributed by atoms with E-state index in [4.69, 9.17) is 12.2 Å². The number of rotatable bonds is 2. The maximum atomic E-state index is 13.0. The third-order valence-corrected chi connectivity index (χ3v) is 7.40. The minimum atomic E-state index is 0.130. The molecule has 0 N–H and O–H groups in total. The molecule has 2 fully saturated rings. The van der Waals surface area contributed by atoms with Crippen molar-refractivity contribution >= 4 is 46.0 Å². The van der Waals surface area contributed by atoms with Gasteiger partial charge in [0.25, 0.3) is 5.91 Å². The molecule has 1 amide bonds. The summed E-state index contributed by atoms with van der Waals surface area (Å²) in [4.78, 5) is 19.2. The van der Waals surface area contributed by atoms with Gasteiger partial charge in [-0.3, -0.25) is 9.69 Å². The van der Waals surface area contributed by atoms with Crippen LogP contribution in [0.1, 0.15) is 52.9 Å². The standard InChI is InChI=1S/C16H22N2OS3/c1-4-17-10(2)11(3)21-15(17)13-14(19)18(16(20)22-13)12-8-6-5-7-9-12/h12H,4-9H2,1-3H3. The highest BCUT2D eigenvalue weighted by Gasteiger charge is 2.41. The maximum absolute atomic E-state index is 13.0. The first-order valence-electron chi connectivity index (χ1n) is 7.97. The molecule has 1 saturated heterocycles. The Kier molecular flexibility index (Phi) is 4.90. The highest BCUT2D eigenvalue weighted by atomic mass is 32.2. The second-order valence-electron chi connectivity index (χ2n) is 5.96. The first-order chi connectivity index (χ1) is 10.5. The van der Waals surface area contributed by atoms with Crippen LogP contribution in [0.25, 0.3) is 0 Å². The lowest BCUT2D eigenvalue weighted by molar-refractivity contribution is -0.124. The Hall–Kier alpha value is -0.460. The second-order valence-corrected chi connectivity index (χ2v) is 8.80. The Balaban J connectivity index is 1.89. The summed E-state index contributed by atoms with van der Waals surface area (Å²) in [5.74, 6) is 0.130. The van der Waals surface area contributed by atoms with Gasteiger partial charge in [-0.05, 0) is 33.6 Å². The molecule has 0 atom stereocenters. The Morgan fingerprint density at radius 3 is 2.50 bits per heavy atom. The van der Waals surface area contributed by atoms with E-state index in [2.05, 4.69) is 25.7 Å². The molecule has 0 spiro atoms. The summed E-state index contributed by atoms with van der Waals surface area (Å²) in [5, 5.41) is 1.08. The number of nitrogens with zero attached hydrogens (tertiary/aromatic N) is 2. The number of carbonyl (C=O) groups excluding carboxylic acids is 1. The van der Waals surface area contributed by atoms with E-state index in [1.54, 1.807) is 11.8 Å². The van der Waals surface area contributed by atoms with Crippen LogP contribution in [-0.2, 0) is 4.79 Å². The molecule has 1 aliphatic carbocycles. The minimum absolute atomic E-state index is 0.130. The number of amides is 1. The Bertz CT molecular complexity index is 576. The monoisotopic (exact) mass is 354 g/mol. The molecule has 3 rings (SSSR count). The largest absolute Gasteiger partial charge is 0.338 e. The maximum Gasteiger partial charge on any atom is 0.269 e. The molecule has 6 heteroatoms. The van der Waals surface area contributed by atoms with E-state index in [0.29, 0.717) is 6.04 Å². The van der Waals surface area contributed by atoms with Crippen LogP contribution in [0.5, 0.6) is 0 Å². The lowest BCUT2D eigenvalue weighted by atomic mass is 9.94. The molecule has 0 aromatic rings. The van der Waals surface area contributed by atoms with E-state index in [0.717, 1.165) is 33.6 Å². The average molecular weight is 355 g/mol. The molecular formula is C16H22N2OS3. The number of carbonyl (C=O) groups is 1. The molecule has 3 nitrogen and oxygen atoms in total.